The summed E-state index contributed by atoms with van der Waals surface area (Å²) in [4.78, 5) is 9.03. The second-order valence-corrected chi connectivity index (χ2v) is 4.23. The van der Waals surface area contributed by atoms with E-state index < -0.39 is 0 Å². The summed E-state index contributed by atoms with van der Waals surface area (Å²) >= 11 is 1.79. The van der Waals surface area contributed by atoms with Gasteiger partial charge in [0.1, 0.15) is 6.33 Å². The Balaban J connectivity index is 1.99. The summed E-state index contributed by atoms with van der Waals surface area (Å²) in [7, 11) is 0. The van der Waals surface area contributed by atoms with Gasteiger partial charge < -0.3 is 5.11 Å². The van der Waals surface area contributed by atoms with Gasteiger partial charge in [0.25, 0.3) is 0 Å². The fourth-order valence-electron chi connectivity index (χ4n) is 1.12. The van der Waals surface area contributed by atoms with Gasteiger partial charge in [-0.05, 0) is 18.6 Å². The van der Waals surface area contributed by atoms with E-state index in [9.17, 15) is 0 Å². The van der Waals surface area contributed by atoms with Crippen LogP contribution in [0.25, 0.3) is 0 Å². The zero-order valence-electron chi connectivity index (χ0n) is 8.22. The lowest BCUT2D eigenvalue weighted by Crippen LogP contribution is -1.86. The Morgan fingerprint density at radius 2 is 1.79 bits per heavy atom. The van der Waals surface area contributed by atoms with Gasteiger partial charge in [-0.25, -0.2) is 9.97 Å². The number of aliphatic hydroxyl groups is 1. The van der Waals surface area contributed by atoms with Crippen LogP contribution in [0.1, 0.15) is 25.7 Å². The minimum Gasteiger partial charge on any atom is -0.396 e. The topological polar surface area (TPSA) is 46.0 Å². The number of hydrogen-bond acceptors (Lipinski definition) is 4. The van der Waals surface area contributed by atoms with Gasteiger partial charge in [-0.1, -0.05) is 12.8 Å². The van der Waals surface area contributed by atoms with Crippen molar-refractivity contribution in [3.05, 3.63) is 18.7 Å². The monoisotopic (exact) mass is 212 g/mol. The molecule has 0 fully saturated rings. The highest BCUT2D eigenvalue weighted by Gasteiger charge is 1.94. The van der Waals surface area contributed by atoms with E-state index in [1.165, 1.54) is 12.8 Å². The fraction of sp³-hybridized carbons (Fsp3) is 0.600. The van der Waals surface area contributed by atoms with Crippen LogP contribution in [0.3, 0.4) is 0 Å². The number of aliphatic hydroxyl groups excluding tert-OH is 1. The molecule has 1 rings (SSSR count). The summed E-state index contributed by atoms with van der Waals surface area (Å²) in [6, 6.07) is 0. The smallest absolute Gasteiger partial charge is 0.115 e. The molecule has 1 aromatic heterocycles. The van der Waals surface area contributed by atoms with Crippen molar-refractivity contribution in [1.82, 2.24) is 9.97 Å². The predicted octanol–water partition coefficient (Wildman–Crippen LogP) is 2.12. The van der Waals surface area contributed by atoms with Crippen LogP contribution in [0.5, 0.6) is 0 Å². The lowest BCUT2D eigenvalue weighted by molar-refractivity contribution is 0.283. The predicted molar refractivity (Wildman–Crippen MR) is 58.3 cm³/mol. The van der Waals surface area contributed by atoms with Crippen LogP contribution in [-0.4, -0.2) is 27.4 Å². The van der Waals surface area contributed by atoms with E-state index in [0.717, 1.165) is 23.5 Å². The number of thioether (sulfide) groups is 1. The fourth-order valence-corrected chi connectivity index (χ4v) is 1.97. The normalized spacial score (nSPS) is 10.4. The molecule has 0 atom stereocenters. The van der Waals surface area contributed by atoms with Crippen LogP contribution in [0.15, 0.2) is 23.6 Å². The molecular formula is C10H16N2OS. The van der Waals surface area contributed by atoms with E-state index in [-0.39, 0.29) is 0 Å². The number of aromatic nitrogens is 2. The molecule has 0 bridgehead atoms. The second-order valence-electron chi connectivity index (χ2n) is 3.06. The summed E-state index contributed by atoms with van der Waals surface area (Å²) < 4.78 is 0. The Morgan fingerprint density at radius 1 is 1.07 bits per heavy atom. The average molecular weight is 212 g/mol. The molecule has 0 radical (unpaired) electrons. The van der Waals surface area contributed by atoms with Gasteiger partial charge in [0.15, 0.2) is 0 Å². The molecule has 0 spiro atoms. The van der Waals surface area contributed by atoms with Gasteiger partial charge in [-0.2, -0.15) is 0 Å². The minimum atomic E-state index is 0.319. The quantitative estimate of drug-likeness (QED) is 0.555. The molecule has 1 N–H and O–H groups in total. The first-order chi connectivity index (χ1) is 6.93. The van der Waals surface area contributed by atoms with Crippen molar-refractivity contribution in [3.8, 4) is 0 Å². The highest BCUT2D eigenvalue weighted by molar-refractivity contribution is 7.99. The molecule has 1 heterocycles. The van der Waals surface area contributed by atoms with Crippen molar-refractivity contribution in [2.75, 3.05) is 12.4 Å². The summed E-state index contributed by atoms with van der Waals surface area (Å²) in [6.45, 7) is 0.319. The van der Waals surface area contributed by atoms with Gasteiger partial charge >= 0.3 is 0 Å². The number of nitrogens with zero attached hydrogens (tertiary/aromatic N) is 2. The largest absolute Gasteiger partial charge is 0.396 e. The van der Waals surface area contributed by atoms with Crippen molar-refractivity contribution in [2.45, 2.75) is 30.6 Å². The Bertz CT molecular complexity index is 231. The molecule has 0 unspecified atom stereocenters. The van der Waals surface area contributed by atoms with Crippen molar-refractivity contribution >= 4 is 11.8 Å². The first-order valence-corrected chi connectivity index (χ1v) is 5.90. The van der Waals surface area contributed by atoms with Gasteiger partial charge in [-0.3, -0.25) is 0 Å². The summed E-state index contributed by atoms with van der Waals surface area (Å²) in [5.74, 6) is 1.11. The first kappa shape index (κ1) is 11.5. The molecular weight excluding hydrogens is 196 g/mol. The van der Waals surface area contributed by atoms with Crippen molar-refractivity contribution in [1.29, 1.82) is 0 Å². The molecule has 0 saturated heterocycles. The highest BCUT2D eigenvalue weighted by atomic mass is 32.2. The highest BCUT2D eigenvalue weighted by Crippen LogP contribution is 2.17. The minimum absolute atomic E-state index is 0.319. The number of unbranched alkanes of at least 4 members (excludes halogenated alkanes) is 3. The summed E-state index contributed by atoms with van der Waals surface area (Å²) in [5.41, 5.74) is 0. The second kappa shape index (κ2) is 7.76. The Labute approximate surface area is 89.0 Å². The van der Waals surface area contributed by atoms with Crippen molar-refractivity contribution in [2.24, 2.45) is 0 Å². The Morgan fingerprint density at radius 3 is 2.50 bits per heavy atom. The van der Waals surface area contributed by atoms with E-state index in [0.29, 0.717) is 6.61 Å². The van der Waals surface area contributed by atoms with Crippen molar-refractivity contribution < 1.29 is 5.11 Å². The summed E-state index contributed by atoms with van der Waals surface area (Å²) in [6.07, 6.45) is 9.67. The molecule has 78 valence electrons. The van der Waals surface area contributed by atoms with Crippen LogP contribution < -0.4 is 0 Å². The third-order valence-corrected chi connectivity index (χ3v) is 2.90. The number of hydrogen-bond donors (Lipinski definition) is 1. The van der Waals surface area contributed by atoms with E-state index in [1.54, 1.807) is 18.1 Å². The van der Waals surface area contributed by atoms with E-state index in [1.807, 2.05) is 12.4 Å². The maximum Gasteiger partial charge on any atom is 0.115 e. The third-order valence-electron chi connectivity index (χ3n) is 1.86. The van der Waals surface area contributed by atoms with Crippen molar-refractivity contribution in [3.63, 3.8) is 0 Å². The molecule has 1 aromatic rings. The molecule has 14 heavy (non-hydrogen) atoms. The molecule has 0 amide bonds. The van der Waals surface area contributed by atoms with Gasteiger partial charge in [0, 0.05) is 23.9 Å². The van der Waals surface area contributed by atoms with Gasteiger partial charge in [0.05, 0.1) is 0 Å². The Hall–Kier alpha value is -0.610. The van der Waals surface area contributed by atoms with Crippen LogP contribution in [0, 0.1) is 0 Å². The van der Waals surface area contributed by atoms with Crippen LogP contribution >= 0.6 is 11.8 Å². The van der Waals surface area contributed by atoms with E-state index >= 15 is 0 Å². The van der Waals surface area contributed by atoms with E-state index in [4.69, 9.17) is 5.11 Å². The first-order valence-electron chi connectivity index (χ1n) is 4.92. The molecule has 0 aliphatic carbocycles. The molecule has 0 aliphatic heterocycles. The number of rotatable bonds is 7. The molecule has 0 aliphatic rings. The van der Waals surface area contributed by atoms with Crippen LogP contribution in [0.4, 0.5) is 0 Å². The maximum atomic E-state index is 8.58. The zero-order valence-corrected chi connectivity index (χ0v) is 9.04. The SMILES string of the molecule is OCCCCCCSc1cncnc1. The molecule has 4 heteroatoms. The third kappa shape index (κ3) is 5.19. The van der Waals surface area contributed by atoms with E-state index in [2.05, 4.69) is 9.97 Å². The standard InChI is InChI=1S/C10H16N2OS/c13-5-3-1-2-4-6-14-10-7-11-9-12-8-10/h7-9,13H,1-6H2. The lowest BCUT2D eigenvalue weighted by atomic mass is 10.2. The molecule has 3 nitrogen and oxygen atoms in total. The molecule has 0 aromatic carbocycles. The van der Waals surface area contributed by atoms with Gasteiger partial charge in [-0.15, -0.1) is 11.8 Å². The average Bonchev–Trinajstić information content (AvgIpc) is 2.25. The lowest BCUT2D eigenvalue weighted by Gasteiger charge is -2.00. The Kier molecular flexibility index (Phi) is 6.36. The van der Waals surface area contributed by atoms with Crippen LogP contribution in [0.2, 0.25) is 0 Å². The zero-order chi connectivity index (χ0) is 10.1. The molecule has 0 saturated carbocycles. The van der Waals surface area contributed by atoms with Gasteiger partial charge in [0.2, 0.25) is 0 Å². The van der Waals surface area contributed by atoms with Crippen LogP contribution in [-0.2, 0) is 0 Å². The maximum absolute atomic E-state index is 8.58. The summed E-state index contributed by atoms with van der Waals surface area (Å²) in [5, 5.41) is 8.58.